The summed E-state index contributed by atoms with van der Waals surface area (Å²) in [6, 6.07) is 0. The Morgan fingerprint density at radius 2 is 0.926 bits per heavy atom. The summed E-state index contributed by atoms with van der Waals surface area (Å²) in [6.45, 7) is 1.37. The van der Waals surface area contributed by atoms with Crippen molar-refractivity contribution in [1.29, 1.82) is 0 Å². The zero-order valence-electron chi connectivity index (χ0n) is 15.1. The zero-order chi connectivity index (χ0) is 20.5. The molecule has 158 valence electrons. The Morgan fingerprint density at radius 3 is 1.15 bits per heavy atom. The van der Waals surface area contributed by atoms with Gasteiger partial charge < -0.3 is 28.4 Å². The predicted octanol–water partition coefficient (Wildman–Crippen LogP) is 2.63. The van der Waals surface area contributed by atoms with E-state index in [-0.39, 0.29) is 39.6 Å². The number of carbonyl (C=O) groups is 3. The van der Waals surface area contributed by atoms with Crippen LogP contribution >= 0.6 is 37.9 Å². The first kappa shape index (κ1) is 25.9. The van der Waals surface area contributed by atoms with Gasteiger partial charge in [-0.05, 0) is 6.42 Å². The van der Waals surface area contributed by atoms with E-state index in [1.807, 2.05) is 0 Å². The lowest BCUT2D eigenvalue weighted by molar-refractivity contribution is -0.0539. The molecule has 0 fully saturated rings. The quantitative estimate of drug-likeness (QED) is 0.224. The molecule has 27 heavy (non-hydrogen) atoms. The van der Waals surface area contributed by atoms with Crippen molar-refractivity contribution in [3.8, 4) is 0 Å². The lowest BCUT2D eigenvalue weighted by Gasteiger charge is -2.30. The van der Waals surface area contributed by atoms with Gasteiger partial charge in [-0.1, -0.05) is 6.92 Å². The fourth-order valence-corrected chi connectivity index (χ4v) is 1.85. The molecular formula is C15H26O9S3. The highest BCUT2D eigenvalue weighted by atomic mass is 32.1. The van der Waals surface area contributed by atoms with Crippen LogP contribution in [0.5, 0.6) is 0 Å². The van der Waals surface area contributed by atoms with Crippen LogP contribution in [0.1, 0.15) is 13.3 Å². The minimum atomic E-state index is -1.00. The molecule has 0 bridgehead atoms. The van der Waals surface area contributed by atoms with E-state index < -0.39 is 23.9 Å². The molecule has 0 heterocycles. The van der Waals surface area contributed by atoms with Crippen molar-refractivity contribution >= 4 is 56.4 Å². The third-order valence-corrected chi connectivity index (χ3v) is 3.72. The summed E-state index contributed by atoms with van der Waals surface area (Å²) in [4.78, 5) is 34.7. The number of rotatable bonds is 13. The van der Waals surface area contributed by atoms with Gasteiger partial charge in [-0.15, -0.1) is 0 Å². The largest absolute Gasteiger partial charge is 0.508 e. The van der Waals surface area contributed by atoms with Gasteiger partial charge in [0.05, 0.1) is 5.41 Å². The maximum absolute atomic E-state index is 11.6. The van der Waals surface area contributed by atoms with Crippen LogP contribution in [0.4, 0.5) is 14.4 Å². The van der Waals surface area contributed by atoms with E-state index in [9.17, 15) is 14.4 Å². The Balaban J connectivity index is 4.82. The molecule has 0 N–H and O–H groups in total. The van der Waals surface area contributed by atoms with Crippen molar-refractivity contribution in [2.24, 2.45) is 5.41 Å². The highest BCUT2D eigenvalue weighted by Crippen LogP contribution is 2.25. The monoisotopic (exact) mass is 446 g/mol. The first-order valence-corrected chi connectivity index (χ1v) is 10.0. The van der Waals surface area contributed by atoms with Crippen molar-refractivity contribution in [2.75, 3.05) is 56.9 Å². The van der Waals surface area contributed by atoms with Gasteiger partial charge in [0.25, 0.3) is 0 Å². The van der Waals surface area contributed by atoms with E-state index in [1.165, 1.54) is 0 Å². The highest BCUT2D eigenvalue weighted by molar-refractivity contribution is 7.80. The second kappa shape index (κ2) is 15.9. The average Bonchev–Trinajstić information content (AvgIpc) is 2.68. The van der Waals surface area contributed by atoms with Gasteiger partial charge >= 0.3 is 18.5 Å². The van der Waals surface area contributed by atoms with Gasteiger partial charge in [0.15, 0.2) is 0 Å². The van der Waals surface area contributed by atoms with Crippen LogP contribution in [0.25, 0.3) is 0 Å². The standard InChI is InChI=1S/C15H26O9S3/c1-2-15(9-22-12(16)19-3-6-25,10-23-13(17)20-4-7-26)11-24-14(18)21-5-8-27/h25-27H,2-11H2,1H3. The van der Waals surface area contributed by atoms with Crippen LogP contribution in [0.15, 0.2) is 0 Å². The van der Waals surface area contributed by atoms with Gasteiger partial charge in [0.1, 0.15) is 39.6 Å². The normalized spacial score (nSPS) is 10.7. The third-order valence-electron chi connectivity index (χ3n) is 3.17. The Labute approximate surface area is 174 Å². The lowest BCUT2D eigenvalue weighted by Crippen LogP contribution is -2.39. The summed E-state index contributed by atoms with van der Waals surface area (Å²) in [5.74, 6) is 1.02. The first-order chi connectivity index (χ1) is 12.9. The molecular weight excluding hydrogens is 420 g/mol. The lowest BCUT2D eigenvalue weighted by atomic mass is 9.88. The van der Waals surface area contributed by atoms with E-state index in [4.69, 9.17) is 28.4 Å². The number of hydrogen-bond acceptors (Lipinski definition) is 12. The maximum Gasteiger partial charge on any atom is 0.508 e. The fraction of sp³-hybridized carbons (Fsp3) is 0.800. The molecule has 0 aliphatic heterocycles. The average molecular weight is 447 g/mol. The molecule has 0 amide bonds. The SMILES string of the molecule is CCC(COC(=O)OCCS)(COC(=O)OCCS)COC(=O)OCCS. The van der Waals surface area contributed by atoms with Crippen LogP contribution in [0, 0.1) is 5.41 Å². The highest BCUT2D eigenvalue weighted by Gasteiger charge is 2.35. The van der Waals surface area contributed by atoms with Crippen LogP contribution < -0.4 is 0 Å². The molecule has 0 radical (unpaired) electrons. The van der Waals surface area contributed by atoms with Crippen LogP contribution in [-0.2, 0) is 28.4 Å². The molecule has 0 spiro atoms. The van der Waals surface area contributed by atoms with Crippen LogP contribution in [0.2, 0.25) is 0 Å². The molecule has 0 aliphatic rings. The van der Waals surface area contributed by atoms with E-state index >= 15 is 0 Å². The van der Waals surface area contributed by atoms with Crippen molar-refractivity contribution in [1.82, 2.24) is 0 Å². The number of carbonyl (C=O) groups excluding carboxylic acids is 3. The summed E-state index contributed by atoms with van der Waals surface area (Å²) >= 11 is 11.8. The minimum absolute atomic E-state index is 0.0835. The maximum atomic E-state index is 11.6. The van der Waals surface area contributed by atoms with Gasteiger partial charge in [-0.3, -0.25) is 0 Å². The van der Waals surface area contributed by atoms with Gasteiger partial charge in [0, 0.05) is 17.3 Å². The number of ether oxygens (including phenoxy) is 6. The summed E-state index contributed by atoms with van der Waals surface area (Å²) < 4.78 is 29.4. The molecule has 0 aromatic heterocycles. The first-order valence-electron chi connectivity index (χ1n) is 8.14. The van der Waals surface area contributed by atoms with Gasteiger partial charge in [0.2, 0.25) is 0 Å². The summed E-state index contributed by atoms with van der Waals surface area (Å²) in [5, 5.41) is 0. The van der Waals surface area contributed by atoms with E-state index in [1.54, 1.807) is 6.92 Å². The molecule has 12 heteroatoms. The summed E-state index contributed by atoms with van der Waals surface area (Å²) in [5.41, 5.74) is -1.00. The number of thiol groups is 3. The van der Waals surface area contributed by atoms with E-state index in [2.05, 4.69) is 37.9 Å². The molecule has 0 aromatic carbocycles. The second-order valence-electron chi connectivity index (χ2n) is 5.19. The molecule has 0 saturated carbocycles. The topological polar surface area (TPSA) is 107 Å². The van der Waals surface area contributed by atoms with Crippen molar-refractivity contribution in [3.63, 3.8) is 0 Å². The molecule has 0 aliphatic carbocycles. The molecule has 0 rings (SSSR count). The van der Waals surface area contributed by atoms with Crippen LogP contribution in [-0.4, -0.2) is 75.4 Å². The van der Waals surface area contributed by atoms with Crippen molar-refractivity contribution < 1.29 is 42.8 Å². The third kappa shape index (κ3) is 12.8. The van der Waals surface area contributed by atoms with Crippen LogP contribution in [0.3, 0.4) is 0 Å². The van der Waals surface area contributed by atoms with E-state index in [0.29, 0.717) is 23.7 Å². The van der Waals surface area contributed by atoms with E-state index in [0.717, 1.165) is 0 Å². The number of hydrogen-bond donors (Lipinski definition) is 3. The predicted molar refractivity (Wildman–Crippen MR) is 106 cm³/mol. The molecule has 9 nitrogen and oxygen atoms in total. The fourth-order valence-electron chi connectivity index (χ4n) is 1.58. The molecule has 0 saturated heterocycles. The van der Waals surface area contributed by atoms with Gasteiger partial charge in [-0.2, -0.15) is 37.9 Å². The zero-order valence-corrected chi connectivity index (χ0v) is 17.8. The smallest absolute Gasteiger partial charge is 0.433 e. The Bertz CT molecular complexity index is 388. The Morgan fingerprint density at radius 1 is 0.630 bits per heavy atom. The van der Waals surface area contributed by atoms with Gasteiger partial charge in [-0.25, -0.2) is 14.4 Å². The van der Waals surface area contributed by atoms with Crippen molar-refractivity contribution in [2.45, 2.75) is 13.3 Å². The second-order valence-corrected chi connectivity index (χ2v) is 6.53. The molecule has 0 unspecified atom stereocenters. The summed E-state index contributed by atoms with van der Waals surface area (Å²) in [7, 11) is 0. The Hall–Kier alpha value is -1.14. The van der Waals surface area contributed by atoms with Crippen molar-refractivity contribution in [3.05, 3.63) is 0 Å². The molecule has 0 atom stereocenters. The minimum Gasteiger partial charge on any atom is -0.433 e. The summed E-state index contributed by atoms with van der Waals surface area (Å²) in [6.07, 6.45) is -2.36. The Kier molecular flexibility index (Phi) is 15.2. The molecule has 0 aromatic rings.